The van der Waals surface area contributed by atoms with Gasteiger partial charge in [0.25, 0.3) is 0 Å². The van der Waals surface area contributed by atoms with Gasteiger partial charge in [-0.05, 0) is 18.2 Å². The first-order chi connectivity index (χ1) is 14.0. The molecule has 3 rings (SSSR count). The Hall–Kier alpha value is -2.87. The summed E-state index contributed by atoms with van der Waals surface area (Å²) in [5.74, 6) is 4.82. The van der Waals surface area contributed by atoms with Gasteiger partial charge in [0.2, 0.25) is 0 Å². The van der Waals surface area contributed by atoms with Crippen LogP contribution in [0.5, 0.6) is 0 Å². The zero-order valence-corrected chi connectivity index (χ0v) is 16.8. The van der Waals surface area contributed by atoms with Crippen LogP contribution in [0.1, 0.15) is 49.9 Å². The number of carbonyl (C=O) groups is 3. The number of esters is 2. The van der Waals surface area contributed by atoms with E-state index in [1.165, 1.54) is 0 Å². The van der Waals surface area contributed by atoms with Crippen LogP contribution in [0.4, 0.5) is 0 Å². The fourth-order valence-electron chi connectivity index (χ4n) is 3.89. The third-order valence-electron chi connectivity index (χ3n) is 5.50. The number of hydrogen-bond donors (Lipinski definition) is 0. The summed E-state index contributed by atoms with van der Waals surface area (Å²) in [5, 5.41) is 0. The van der Waals surface area contributed by atoms with E-state index in [0.29, 0.717) is 18.4 Å². The van der Waals surface area contributed by atoms with Crippen LogP contribution >= 0.6 is 0 Å². The van der Waals surface area contributed by atoms with Crippen LogP contribution < -0.4 is 0 Å². The van der Waals surface area contributed by atoms with Crippen molar-refractivity contribution in [3.05, 3.63) is 48.0 Å². The second-order valence-electron chi connectivity index (χ2n) is 7.59. The lowest BCUT2D eigenvalue weighted by molar-refractivity contribution is -0.141. The van der Waals surface area contributed by atoms with Crippen LogP contribution in [0, 0.1) is 29.6 Å². The Morgan fingerprint density at radius 2 is 2.03 bits per heavy atom. The number of rotatable bonds is 6. The van der Waals surface area contributed by atoms with E-state index < -0.39 is 12.1 Å². The Morgan fingerprint density at radius 3 is 2.76 bits per heavy atom. The Bertz CT molecular complexity index is 845. The first kappa shape index (κ1) is 20.9. The van der Waals surface area contributed by atoms with Crippen molar-refractivity contribution in [3.63, 3.8) is 0 Å². The van der Waals surface area contributed by atoms with Gasteiger partial charge >= 0.3 is 11.9 Å². The lowest BCUT2D eigenvalue weighted by atomic mass is 9.90. The minimum atomic E-state index is -0.426. The molecule has 0 aromatic heterocycles. The molecule has 5 heteroatoms. The van der Waals surface area contributed by atoms with Crippen LogP contribution in [-0.2, 0) is 19.1 Å². The van der Waals surface area contributed by atoms with Crippen molar-refractivity contribution >= 4 is 17.7 Å². The maximum atomic E-state index is 12.5. The average Bonchev–Trinajstić information content (AvgIpc) is 3.22. The lowest BCUT2D eigenvalue weighted by Gasteiger charge is -2.20. The quantitative estimate of drug-likeness (QED) is 0.418. The third kappa shape index (κ3) is 5.14. The van der Waals surface area contributed by atoms with Gasteiger partial charge in [0, 0.05) is 37.0 Å². The number of ketones is 1. The van der Waals surface area contributed by atoms with Gasteiger partial charge in [0.15, 0.2) is 5.78 Å². The summed E-state index contributed by atoms with van der Waals surface area (Å²) < 4.78 is 11.1. The van der Waals surface area contributed by atoms with E-state index in [9.17, 15) is 14.4 Å². The molecule has 0 radical (unpaired) electrons. The molecule has 29 heavy (non-hydrogen) atoms. The van der Waals surface area contributed by atoms with Gasteiger partial charge < -0.3 is 9.47 Å². The van der Waals surface area contributed by atoms with Gasteiger partial charge in [-0.25, -0.2) is 4.79 Å². The number of allylic oxidation sites excluding steroid dienone is 1. The summed E-state index contributed by atoms with van der Waals surface area (Å²) in [4.78, 5) is 36.6. The molecule has 2 aliphatic rings. The average molecular weight is 394 g/mol. The first-order valence-corrected chi connectivity index (χ1v) is 10.1. The predicted octanol–water partition coefficient (Wildman–Crippen LogP) is 3.73. The lowest BCUT2D eigenvalue weighted by Crippen LogP contribution is -2.25. The monoisotopic (exact) mass is 394 g/mol. The summed E-state index contributed by atoms with van der Waals surface area (Å²) >= 11 is 0. The summed E-state index contributed by atoms with van der Waals surface area (Å²) in [5.41, 5.74) is 0.475. The molecule has 0 amide bonds. The van der Waals surface area contributed by atoms with Crippen LogP contribution in [0.25, 0.3) is 0 Å². The SMILES string of the molecule is CCC#CCC(C)C(=O)/C=C/[C@@H]1[C@H]2CC(=O)O[C@H]2C[C@H]1OC(=O)c1ccccc1. The van der Waals surface area contributed by atoms with Gasteiger partial charge in [-0.3, -0.25) is 9.59 Å². The molecule has 0 spiro atoms. The van der Waals surface area contributed by atoms with Crippen molar-refractivity contribution in [2.75, 3.05) is 0 Å². The van der Waals surface area contributed by atoms with E-state index in [2.05, 4.69) is 11.8 Å². The zero-order valence-electron chi connectivity index (χ0n) is 16.8. The largest absolute Gasteiger partial charge is 0.462 e. The van der Waals surface area contributed by atoms with E-state index in [1.54, 1.807) is 36.4 Å². The van der Waals surface area contributed by atoms with Crippen LogP contribution in [-0.4, -0.2) is 29.9 Å². The van der Waals surface area contributed by atoms with Crippen molar-refractivity contribution in [3.8, 4) is 11.8 Å². The molecular weight excluding hydrogens is 368 g/mol. The number of fused-ring (bicyclic) bond motifs is 1. The molecule has 0 bridgehead atoms. The van der Waals surface area contributed by atoms with E-state index in [-0.39, 0.29) is 42.0 Å². The third-order valence-corrected chi connectivity index (χ3v) is 5.50. The van der Waals surface area contributed by atoms with Crippen LogP contribution in [0.3, 0.4) is 0 Å². The van der Waals surface area contributed by atoms with Crippen molar-refractivity contribution < 1.29 is 23.9 Å². The molecular formula is C24H26O5. The fraction of sp³-hybridized carbons (Fsp3) is 0.458. The van der Waals surface area contributed by atoms with Gasteiger partial charge in [0.1, 0.15) is 12.2 Å². The standard InChI is InChI=1S/C24H26O5/c1-3-4-6-9-16(2)20(25)13-12-18-19-14-23(26)28-22(19)15-21(18)29-24(27)17-10-7-5-8-11-17/h5,7-8,10-13,16,18-19,21-22H,3,9,14-15H2,1-2H3/b13-12+/t16?,18-,19-,21-,22+/m1/s1. The number of hydrogen-bond acceptors (Lipinski definition) is 5. The summed E-state index contributed by atoms with van der Waals surface area (Å²) in [6.45, 7) is 3.82. The highest BCUT2D eigenvalue weighted by molar-refractivity contribution is 5.92. The highest BCUT2D eigenvalue weighted by Crippen LogP contribution is 2.43. The van der Waals surface area contributed by atoms with Crippen LogP contribution in [0.15, 0.2) is 42.5 Å². The second kappa shape index (κ2) is 9.56. The van der Waals surface area contributed by atoms with E-state index in [4.69, 9.17) is 9.47 Å². The minimum absolute atomic E-state index is 0.0165. The molecule has 1 aliphatic carbocycles. The van der Waals surface area contributed by atoms with Gasteiger partial charge in [0.05, 0.1) is 12.0 Å². The molecule has 1 aromatic carbocycles. The molecule has 1 aromatic rings. The predicted molar refractivity (Wildman–Crippen MR) is 108 cm³/mol. The normalized spacial score (nSPS) is 26.3. The van der Waals surface area contributed by atoms with Crippen molar-refractivity contribution in [1.29, 1.82) is 0 Å². The molecule has 1 saturated carbocycles. The maximum Gasteiger partial charge on any atom is 0.338 e. The maximum absolute atomic E-state index is 12.5. The molecule has 0 N–H and O–H groups in total. The molecule has 152 valence electrons. The zero-order chi connectivity index (χ0) is 20.8. The number of ether oxygens (including phenoxy) is 2. The smallest absolute Gasteiger partial charge is 0.338 e. The summed E-state index contributed by atoms with van der Waals surface area (Å²) in [6, 6.07) is 8.79. The van der Waals surface area contributed by atoms with Crippen LogP contribution in [0.2, 0.25) is 0 Å². The van der Waals surface area contributed by atoms with E-state index >= 15 is 0 Å². The summed E-state index contributed by atoms with van der Waals surface area (Å²) in [6.07, 6.45) is 4.67. The Labute approximate surface area is 171 Å². The highest BCUT2D eigenvalue weighted by atomic mass is 16.6. The highest BCUT2D eigenvalue weighted by Gasteiger charge is 2.50. The van der Waals surface area contributed by atoms with Gasteiger partial charge in [-0.1, -0.05) is 38.1 Å². The first-order valence-electron chi connectivity index (χ1n) is 10.1. The van der Waals surface area contributed by atoms with Crippen molar-refractivity contribution in [1.82, 2.24) is 0 Å². The fourth-order valence-corrected chi connectivity index (χ4v) is 3.89. The number of carbonyl (C=O) groups excluding carboxylic acids is 3. The minimum Gasteiger partial charge on any atom is -0.462 e. The molecule has 5 atom stereocenters. The van der Waals surface area contributed by atoms with E-state index in [1.807, 2.05) is 19.9 Å². The molecule has 1 heterocycles. The molecule has 1 saturated heterocycles. The van der Waals surface area contributed by atoms with Gasteiger partial charge in [-0.2, -0.15) is 0 Å². The second-order valence-corrected chi connectivity index (χ2v) is 7.59. The van der Waals surface area contributed by atoms with Gasteiger partial charge in [-0.15, -0.1) is 11.8 Å². The molecule has 1 unspecified atom stereocenters. The molecule has 2 fully saturated rings. The van der Waals surface area contributed by atoms with Crippen molar-refractivity contribution in [2.24, 2.45) is 17.8 Å². The van der Waals surface area contributed by atoms with Crippen molar-refractivity contribution in [2.45, 2.75) is 51.7 Å². The molecule has 5 nitrogen and oxygen atoms in total. The topological polar surface area (TPSA) is 69.7 Å². The number of benzene rings is 1. The Kier molecular flexibility index (Phi) is 6.87. The Morgan fingerprint density at radius 1 is 1.28 bits per heavy atom. The summed E-state index contributed by atoms with van der Waals surface area (Å²) in [7, 11) is 0. The van der Waals surface area contributed by atoms with E-state index in [0.717, 1.165) is 6.42 Å². The molecule has 1 aliphatic heterocycles. The Balaban J connectivity index is 1.70.